The van der Waals surface area contributed by atoms with Crippen LogP contribution in [0.4, 0.5) is 0 Å². The molecule has 0 spiro atoms. The SMILES string of the molecule is CO[C@@H]1[C@@H](O)[C@@H](OC)C(NC2=CC(=O)c3c(cc4c(c3O)C(=O)[C@]3(OC)[C@H](O)Cc5cc(C)c(C(=O)NCCO)c(O)c5[C@]3(O)C4=O)C2=O)O[C@H]1C. The molecule has 17 nitrogen and oxygen atoms in total. The standard InChI is InChI=1S/C35H38N2O15/c1-12-8-14-9-19(40)35(51-5)31(46)22-16(30(45)34(35,48)23(14)26(43)20(12)32(47)36-6-7-38)10-15-21(25(22)42)18(39)11-17(24(15)41)37-33-29(50-4)27(44)28(49-3)13(2)52-33/h8,10-11,13,19,27-29,33,37-38,40,42-44,48H,6-7,9H2,1-5H3,(H,36,47)/t13-,19+,27+,28-,29+,33?,34-,35+/m0/s1. The summed E-state index contributed by atoms with van der Waals surface area (Å²) in [6.07, 6.45) is -6.63. The number of phenols is 2. The minimum atomic E-state index is -3.26. The molecule has 1 saturated heterocycles. The number of amides is 1. The molecule has 2 aromatic carbocycles. The van der Waals surface area contributed by atoms with Gasteiger partial charge in [-0.25, -0.2) is 0 Å². The zero-order valence-corrected chi connectivity index (χ0v) is 28.7. The van der Waals surface area contributed by atoms with Crippen LogP contribution in [0.2, 0.25) is 0 Å². The lowest BCUT2D eigenvalue weighted by molar-refractivity contribution is -0.236. The molecule has 4 aliphatic rings. The highest BCUT2D eigenvalue weighted by atomic mass is 16.6. The summed E-state index contributed by atoms with van der Waals surface area (Å²) in [5.41, 5.74) is -10.2. The number of ether oxygens (including phenoxy) is 4. The molecule has 2 aromatic rings. The highest BCUT2D eigenvalue weighted by Crippen LogP contribution is 2.56. The van der Waals surface area contributed by atoms with Crippen molar-refractivity contribution in [3.8, 4) is 11.5 Å². The van der Waals surface area contributed by atoms with E-state index >= 15 is 0 Å². The summed E-state index contributed by atoms with van der Waals surface area (Å²) in [7, 11) is 3.56. The predicted octanol–water partition coefficient (Wildman–Crippen LogP) is -1.31. The third-order valence-corrected chi connectivity index (χ3v) is 10.4. The van der Waals surface area contributed by atoms with Crippen LogP contribution in [0.5, 0.6) is 11.5 Å². The number of nitrogens with one attached hydrogen (secondary N) is 2. The van der Waals surface area contributed by atoms with Gasteiger partial charge in [-0.15, -0.1) is 0 Å². The number of rotatable bonds is 8. The van der Waals surface area contributed by atoms with Crippen molar-refractivity contribution in [1.29, 1.82) is 0 Å². The Morgan fingerprint density at radius 2 is 1.65 bits per heavy atom. The number of methoxy groups -OCH3 is 3. The number of hydrogen-bond donors (Lipinski definition) is 8. The number of hydrogen-bond acceptors (Lipinski definition) is 16. The maximum absolute atomic E-state index is 14.7. The van der Waals surface area contributed by atoms with Crippen LogP contribution in [-0.2, 0) is 31.0 Å². The van der Waals surface area contributed by atoms with Gasteiger partial charge < -0.3 is 60.2 Å². The van der Waals surface area contributed by atoms with E-state index in [0.29, 0.717) is 0 Å². The van der Waals surface area contributed by atoms with Crippen molar-refractivity contribution in [3.05, 3.63) is 68.4 Å². The van der Waals surface area contributed by atoms with Gasteiger partial charge in [0.15, 0.2) is 23.2 Å². The number of Topliss-reactive ketones (excluding diaryl/α,β-unsaturated/α-hetero) is 3. The molecule has 52 heavy (non-hydrogen) atoms. The normalized spacial score (nSPS) is 30.9. The summed E-state index contributed by atoms with van der Waals surface area (Å²) in [4.78, 5) is 69.7. The van der Waals surface area contributed by atoms with Gasteiger partial charge in [0.25, 0.3) is 5.91 Å². The van der Waals surface area contributed by atoms with E-state index in [0.717, 1.165) is 19.3 Å². The summed E-state index contributed by atoms with van der Waals surface area (Å²) >= 11 is 0. The van der Waals surface area contributed by atoms with Crippen molar-refractivity contribution in [2.24, 2.45) is 0 Å². The number of phenolic OH excluding ortho intramolecular Hbond substituents is 2. The molecule has 0 saturated carbocycles. The number of fused-ring (bicyclic) bond motifs is 5. The first kappa shape index (κ1) is 37.2. The average Bonchev–Trinajstić information content (AvgIpc) is 3.08. The zero-order valence-electron chi connectivity index (χ0n) is 28.7. The predicted molar refractivity (Wildman–Crippen MR) is 174 cm³/mol. The molecule has 1 unspecified atom stereocenters. The van der Waals surface area contributed by atoms with Gasteiger partial charge in [-0.1, -0.05) is 6.07 Å². The third kappa shape index (κ3) is 4.88. The number of benzene rings is 2. The largest absolute Gasteiger partial charge is 0.507 e. The third-order valence-electron chi connectivity index (χ3n) is 10.4. The second-order valence-electron chi connectivity index (χ2n) is 13.1. The first-order chi connectivity index (χ1) is 24.6. The van der Waals surface area contributed by atoms with Crippen LogP contribution in [0.1, 0.15) is 75.4 Å². The monoisotopic (exact) mass is 726 g/mol. The number of carbonyl (C=O) groups is 5. The molecule has 8 atom stereocenters. The molecule has 1 aliphatic heterocycles. The zero-order chi connectivity index (χ0) is 38.2. The smallest absolute Gasteiger partial charge is 0.255 e. The number of aliphatic hydroxyl groups excluding tert-OH is 3. The summed E-state index contributed by atoms with van der Waals surface area (Å²) in [6.45, 7) is 2.40. The van der Waals surface area contributed by atoms with Gasteiger partial charge in [0, 0.05) is 57.1 Å². The van der Waals surface area contributed by atoms with E-state index in [2.05, 4.69) is 10.6 Å². The van der Waals surface area contributed by atoms with E-state index in [-0.39, 0.29) is 23.4 Å². The van der Waals surface area contributed by atoms with E-state index in [1.807, 2.05) is 0 Å². The molecular weight excluding hydrogens is 688 g/mol. The maximum Gasteiger partial charge on any atom is 0.255 e. The minimum absolute atomic E-state index is 0.0175. The fourth-order valence-electron chi connectivity index (χ4n) is 8.03. The number of aliphatic hydroxyl groups is 4. The van der Waals surface area contributed by atoms with Gasteiger partial charge in [0.2, 0.25) is 17.3 Å². The lowest BCUT2D eigenvalue weighted by atomic mass is 9.56. The van der Waals surface area contributed by atoms with Crippen LogP contribution in [0.15, 0.2) is 23.9 Å². The number of allylic oxidation sites excluding steroid dienone is 2. The van der Waals surface area contributed by atoms with E-state index in [1.54, 1.807) is 6.92 Å². The fraction of sp³-hybridized carbons (Fsp3) is 0.457. The average molecular weight is 727 g/mol. The molecule has 3 aliphatic carbocycles. The molecule has 278 valence electrons. The van der Waals surface area contributed by atoms with Crippen molar-refractivity contribution in [2.75, 3.05) is 34.5 Å². The summed E-state index contributed by atoms with van der Waals surface area (Å²) < 4.78 is 22.1. The quantitative estimate of drug-likeness (QED) is 0.157. The molecule has 1 heterocycles. The van der Waals surface area contributed by atoms with Crippen LogP contribution < -0.4 is 10.6 Å². The van der Waals surface area contributed by atoms with E-state index in [4.69, 9.17) is 18.9 Å². The molecule has 6 rings (SSSR count). The van der Waals surface area contributed by atoms with Crippen LogP contribution in [0.3, 0.4) is 0 Å². The Morgan fingerprint density at radius 3 is 2.27 bits per heavy atom. The number of aryl methyl sites for hydroxylation is 1. The molecule has 1 fully saturated rings. The van der Waals surface area contributed by atoms with Gasteiger partial charge in [0.1, 0.15) is 29.8 Å². The van der Waals surface area contributed by atoms with Crippen molar-refractivity contribution in [3.63, 3.8) is 0 Å². The van der Waals surface area contributed by atoms with Gasteiger partial charge in [-0.3, -0.25) is 24.0 Å². The van der Waals surface area contributed by atoms with Crippen molar-refractivity contribution in [1.82, 2.24) is 10.6 Å². The van der Waals surface area contributed by atoms with Crippen LogP contribution in [0, 0.1) is 6.92 Å². The Kier molecular flexibility index (Phi) is 9.38. The first-order valence-electron chi connectivity index (χ1n) is 16.2. The fourth-order valence-corrected chi connectivity index (χ4v) is 8.03. The Bertz CT molecular complexity index is 1960. The molecule has 0 aromatic heterocycles. The summed E-state index contributed by atoms with van der Waals surface area (Å²) in [6, 6.07) is 2.17. The molecular formula is C35H38N2O15. The maximum atomic E-state index is 14.7. The second kappa shape index (κ2) is 13.1. The highest BCUT2D eigenvalue weighted by molar-refractivity contribution is 6.31. The minimum Gasteiger partial charge on any atom is -0.507 e. The summed E-state index contributed by atoms with van der Waals surface area (Å²) in [5, 5.41) is 72.2. The Morgan fingerprint density at radius 1 is 0.981 bits per heavy atom. The summed E-state index contributed by atoms with van der Waals surface area (Å²) in [5.74, 6) is -7.59. The second-order valence-corrected chi connectivity index (χ2v) is 13.1. The number of carbonyl (C=O) groups excluding carboxylic acids is 5. The van der Waals surface area contributed by atoms with Crippen LogP contribution in [-0.4, -0.2) is 137 Å². The lowest BCUT2D eigenvalue weighted by Crippen LogP contribution is -2.73. The Hall–Kier alpha value is -4.59. The topological polar surface area (TPSA) is 268 Å². The van der Waals surface area contributed by atoms with Crippen LogP contribution >= 0.6 is 0 Å². The first-order valence-corrected chi connectivity index (χ1v) is 16.2. The Balaban J connectivity index is 1.50. The van der Waals surface area contributed by atoms with Crippen molar-refractivity contribution in [2.45, 2.75) is 68.2 Å². The van der Waals surface area contributed by atoms with Gasteiger partial charge >= 0.3 is 0 Å². The lowest BCUT2D eigenvalue weighted by Gasteiger charge is -2.53. The molecule has 0 radical (unpaired) electrons. The Labute approximate surface area is 295 Å². The van der Waals surface area contributed by atoms with E-state index in [9.17, 15) is 54.6 Å². The van der Waals surface area contributed by atoms with Gasteiger partial charge in [-0.2, -0.15) is 0 Å². The number of ketones is 4. The molecule has 17 heteroatoms. The van der Waals surface area contributed by atoms with Gasteiger partial charge in [0.05, 0.1) is 41.2 Å². The van der Waals surface area contributed by atoms with Crippen molar-refractivity contribution >= 4 is 29.0 Å². The molecule has 0 bridgehead atoms. The van der Waals surface area contributed by atoms with Crippen LogP contribution in [0.25, 0.3) is 0 Å². The molecule has 8 N–H and O–H groups in total. The highest BCUT2D eigenvalue weighted by Gasteiger charge is 2.72. The van der Waals surface area contributed by atoms with E-state index in [1.165, 1.54) is 27.2 Å². The van der Waals surface area contributed by atoms with E-state index < -0.39 is 135 Å². The van der Waals surface area contributed by atoms with Gasteiger partial charge in [-0.05, 0) is 31.0 Å². The van der Waals surface area contributed by atoms with Crippen molar-refractivity contribution < 1.29 is 73.6 Å². The number of aromatic hydroxyl groups is 2. The molecule has 1 amide bonds.